The Morgan fingerprint density at radius 3 is 2.11 bits per heavy atom. The summed E-state index contributed by atoms with van der Waals surface area (Å²) in [5.74, 6) is -0.265. The summed E-state index contributed by atoms with van der Waals surface area (Å²) in [6.07, 6.45) is 0. The first kappa shape index (κ1) is 29.0. The monoisotopic (exact) mass is 561 g/mol. The molecule has 0 radical (unpaired) electrons. The van der Waals surface area contributed by atoms with Gasteiger partial charge in [-0.3, -0.25) is 9.10 Å². The number of benzene rings is 3. The smallest absolute Gasteiger partial charge is 0.264 e. The summed E-state index contributed by atoms with van der Waals surface area (Å²) in [4.78, 5) is 13.2. The molecule has 0 heterocycles. The molecule has 3 rings (SSSR count). The molecule has 3 aromatic rings. The van der Waals surface area contributed by atoms with Crippen molar-refractivity contribution in [2.45, 2.75) is 36.6 Å². The second kappa shape index (κ2) is 11.8. The van der Waals surface area contributed by atoms with Crippen LogP contribution in [-0.4, -0.2) is 49.5 Å². The van der Waals surface area contributed by atoms with Crippen LogP contribution in [0, 0.1) is 6.92 Å². The minimum atomic E-state index is -4.20. The molecule has 10 nitrogen and oxygen atoms in total. The predicted octanol–water partition coefficient (Wildman–Crippen LogP) is 3.53. The van der Waals surface area contributed by atoms with Crippen molar-refractivity contribution < 1.29 is 31.1 Å². The van der Waals surface area contributed by atoms with Gasteiger partial charge in [0.25, 0.3) is 10.0 Å². The number of ether oxygens (including phenoxy) is 2. The number of amides is 1. The standard InChI is InChI=1S/C26H31N3O7S2/c1-18(2)28-37(31,32)21-12-14-24(35-4)22(16-21)27-26(30)17-29(23-15-19(3)11-13-25(23)36-5)38(33,34)20-9-7-6-8-10-20/h6-16,18,28H,17H2,1-5H3,(H,27,30). The van der Waals surface area contributed by atoms with Crippen LogP contribution in [-0.2, 0) is 24.8 Å². The molecule has 12 heteroatoms. The summed E-state index contributed by atoms with van der Waals surface area (Å²) >= 11 is 0. The highest BCUT2D eigenvalue weighted by atomic mass is 32.2. The molecule has 204 valence electrons. The van der Waals surface area contributed by atoms with E-state index in [1.54, 1.807) is 57.2 Å². The number of aryl methyl sites for hydroxylation is 1. The molecule has 0 aliphatic heterocycles. The van der Waals surface area contributed by atoms with E-state index < -0.39 is 32.5 Å². The molecule has 1 amide bonds. The average molecular weight is 562 g/mol. The maximum atomic E-state index is 13.7. The molecule has 0 aromatic heterocycles. The number of rotatable bonds is 11. The second-order valence-electron chi connectivity index (χ2n) is 8.69. The van der Waals surface area contributed by atoms with Crippen LogP contribution < -0.4 is 23.8 Å². The number of anilines is 2. The summed E-state index contributed by atoms with van der Waals surface area (Å²) in [6.45, 7) is 4.54. The fourth-order valence-electron chi connectivity index (χ4n) is 3.66. The highest BCUT2D eigenvalue weighted by Crippen LogP contribution is 2.34. The van der Waals surface area contributed by atoms with E-state index >= 15 is 0 Å². The van der Waals surface area contributed by atoms with E-state index in [0.717, 1.165) is 9.87 Å². The lowest BCUT2D eigenvalue weighted by Crippen LogP contribution is -2.38. The van der Waals surface area contributed by atoms with E-state index in [4.69, 9.17) is 9.47 Å². The van der Waals surface area contributed by atoms with E-state index in [-0.39, 0.29) is 38.7 Å². The Bertz CT molecular complexity index is 1510. The van der Waals surface area contributed by atoms with Crippen molar-refractivity contribution in [1.82, 2.24) is 4.72 Å². The lowest BCUT2D eigenvalue weighted by molar-refractivity contribution is -0.114. The van der Waals surface area contributed by atoms with Gasteiger partial charge in [0.15, 0.2) is 0 Å². The Balaban J connectivity index is 2.03. The summed E-state index contributed by atoms with van der Waals surface area (Å²) in [5, 5.41) is 2.60. The summed E-state index contributed by atoms with van der Waals surface area (Å²) in [6, 6.07) is 16.4. The van der Waals surface area contributed by atoms with Gasteiger partial charge in [-0.05, 0) is 68.8 Å². The minimum Gasteiger partial charge on any atom is -0.495 e. The zero-order chi connectivity index (χ0) is 28.1. The molecule has 0 atom stereocenters. The molecule has 3 aromatic carbocycles. The summed E-state index contributed by atoms with van der Waals surface area (Å²) < 4.78 is 66.8. The van der Waals surface area contributed by atoms with Crippen LogP contribution in [0.4, 0.5) is 11.4 Å². The van der Waals surface area contributed by atoms with Crippen molar-refractivity contribution in [2.24, 2.45) is 0 Å². The molecule has 0 spiro atoms. The van der Waals surface area contributed by atoms with Gasteiger partial charge in [0, 0.05) is 6.04 Å². The van der Waals surface area contributed by atoms with Gasteiger partial charge < -0.3 is 14.8 Å². The van der Waals surface area contributed by atoms with Gasteiger partial charge in [0.05, 0.1) is 35.4 Å². The number of hydrogen-bond donors (Lipinski definition) is 2. The molecule has 0 saturated heterocycles. The van der Waals surface area contributed by atoms with Gasteiger partial charge >= 0.3 is 0 Å². The van der Waals surface area contributed by atoms with E-state index in [0.29, 0.717) is 0 Å². The summed E-state index contributed by atoms with van der Waals surface area (Å²) in [5.41, 5.74) is 1.00. The van der Waals surface area contributed by atoms with Crippen molar-refractivity contribution in [2.75, 3.05) is 30.4 Å². The zero-order valence-electron chi connectivity index (χ0n) is 21.8. The molecule has 0 saturated carbocycles. The molecule has 0 bridgehead atoms. The molecule has 0 unspecified atom stereocenters. The Kier molecular flexibility index (Phi) is 9.02. The van der Waals surface area contributed by atoms with E-state index in [9.17, 15) is 21.6 Å². The number of nitrogens with zero attached hydrogens (tertiary/aromatic N) is 1. The first-order chi connectivity index (χ1) is 17.9. The lowest BCUT2D eigenvalue weighted by atomic mass is 10.2. The van der Waals surface area contributed by atoms with E-state index in [1.807, 2.05) is 0 Å². The largest absolute Gasteiger partial charge is 0.495 e. The van der Waals surface area contributed by atoms with Crippen LogP contribution in [0.25, 0.3) is 0 Å². The van der Waals surface area contributed by atoms with E-state index in [1.165, 1.54) is 44.6 Å². The molecular weight excluding hydrogens is 530 g/mol. The average Bonchev–Trinajstić information content (AvgIpc) is 2.87. The van der Waals surface area contributed by atoms with Crippen molar-refractivity contribution in [1.29, 1.82) is 0 Å². The molecule has 38 heavy (non-hydrogen) atoms. The number of methoxy groups -OCH3 is 2. The Labute approximate surface area is 223 Å². The van der Waals surface area contributed by atoms with E-state index in [2.05, 4.69) is 10.0 Å². The Morgan fingerprint density at radius 1 is 0.868 bits per heavy atom. The van der Waals surface area contributed by atoms with Crippen LogP contribution in [0.2, 0.25) is 0 Å². The third-order valence-corrected chi connectivity index (χ3v) is 8.80. The van der Waals surface area contributed by atoms with Crippen LogP contribution in [0.15, 0.2) is 76.5 Å². The maximum Gasteiger partial charge on any atom is 0.264 e. The normalized spacial score (nSPS) is 11.7. The number of carbonyl (C=O) groups is 1. The number of carbonyl (C=O) groups excluding carboxylic acids is 1. The zero-order valence-corrected chi connectivity index (χ0v) is 23.4. The van der Waals surface area contributed by atoms with Crippen LogP contribution >= 0.6 is 0 Å². The van der Waals surface area contributed by atoms with Crippen molar-refractivity contribution in [3.8, 4) is 11.5 Å². The number of sulfonamides is 2. The third kappa shape index (κ3) is 6.63. The topological polar surface area (TPSA) is 131 Å². The Hall–Kier alpha value is -3.61. The van der Waals surface area contributed by atoms with Gasteiger partial charge in [0.1, 0.15) is 18.0 Å². The van der Waals surface area contributed by atoms with Gasteiger partial charge in [-0.15, -0.1) is 0 Å². The molecule has 2 N–H and O–H groups in total. The van der Waals surface area contributed by atoms with Gasteiger partial charge in [-0.2, -0.15) is 0 Å². The first-order valence-electron chi connectivity index (χ1n) is 11.6. The summed E-state index contributed by atoms with van der Waals surface area (Å²) in [7, 11) is -5.28. The fraction of sp³-hybridized carbons (Fsp3) is 0.269. The molecular formula is C26H31N3O7S2. The van der Waals surface area contributed by atoms with Crippen molar-refractivity contribution in [3.05, 3.63) is 72.3 Å². The molecule has 0 aliphatic rings. The quantitative estimate of drug-likeness (QED) is 0.366. The lowest BCUT2D eigenvalue weighted by Gasteiger charge is -2.26. The van der Waals surface area contributed by atoms with Gasteiger partial charge in [-0.1, -0.05) is 24.3 Å². The highest BCUT2D eigenvalue weighted by Gasteiger charge is 2.30. The van der Waals surface area contributed by atoms with Crippen molar-refractivity contribution in [3.63, 3.8) is 0 Å². The first-order valence-corrected chi connectivity index (χ1v) is 14.5. The number of hydrogen-bond acceptors (Lipinski definition) is 7. The molecule has 0 aliphatic carbocycles. The third-order valence-electron chi connectivity index (χ3n) is 5.37. The van der Waals surface area contributed by atoms with Gasteiger partial charge in [0.2, 0.25) is 15.9 Å². The van der Waals surface area contributed by atoms with Gasteiger partial charge in [-0.25, -0.2) is 21.6 Å². The predicted molar refractivity (Wildman–Crippen MR) is 146 cm³/mol. The Morgan fingerprint density at radius 2 is 1.50 bits per heavy atom. The van der Waals surface area contributed by atoms with Crippen LogP contribution in [0.5, 0.6) is 11.5 Å². The van der Waals surface area contributed by atoms with Crippen LogP contribution in [0.3, 0.4) is 0 Å². The fourth-order valence-corrected chi connectivity index (χ4v) is 6.39. The minimum absolute atomic E-state index is 0.0122. The second-order valence-corrected chi connectivity index (χ2v) is 12.3. The van der Waals surface area contributed by atoms with Crippen LogP contribution in [0.1, 0.15) is 19.4 Å². The highest BCUT2D eigenvalue weighted by molar-refractivity contribution is 7.93. The molecule has 0 fully saturated rings. The SMILES string of the molecule is COc1ccc(S(=O)(=O)NC(C)C)cc1NC(=O)CN(c1cc(C)ccc1OC)S(=O)(=O)c1ccccc1. The number of nitrogens with one attached hydrogen (secondary N) is 2. The van der Waals surface area contributed by atoms with Crippen molar-refractivity contribution >= 4 is 37.3 Å². The maximum absolute atomic E-state index is 13.7.